The first-order chi connectivity index (χ1) is 7.37. The number of pyridine rings is 1. The second-order valence-corrected chi connectivity index (χ2v) is 2.70. The maximum absolute atomic E-state index is 12.4. The summed E-state index contributed by atoms with van der Waals surface area (Å²) in [6.45, 7) is -1.22. The number of aromatic nitrogens is 1. The molecule has 0 aliphatic carbocycles. The van der Waals surface area contributed by atoms with E-state index in [9.17, 15) is 22.4 Å². The van der Waals surface area contributed by atoms with Crippen LogP contribution in [-0.2, 0) is 6.67 Å². The molecule has 0 atom stereocenters. The SMILES string of the molecule is COc1cc(CF)c(OC(F)(F)F)[nH]c1=O. The van der Waals surface area contributed by atoms with Crippen molar-refractivity contribution in [3.63, 3.8) is 0 Å². The van der Waals surface area contributed by atoms with Gasteiger partial charge in [-0.2, -0.15) is 0 Å². The summed E-state index contributed by atoms with van der Waals surface area (Å²) in [6, 6.07) is 0.847. The monoisotopic (exact) mass is 241 g/mol. The molecule has 0 unspecified atom stereocenters. The summed E-state index contributed by atoms with van der Waals surface area (Å²) < 4.78 is 56.0. The molecule has 0 spiro atoms. The molecule has 1 aromatic rings. The summed E-state index contributed by atoms with van der Waals surface area (Å²) in [5, 5.41) is 0. The lowest BCUT2D eigenvalue weighted by atomic mass is 10.3. The van der Waals surface area contributed by atoms with Crippen molar-refractivity contribution in [2.75, 3.05) is 7.11 Å². The molecule has 0 fully saturated rings. The molecule has 8 heteroatoms. The molecule has 0 amide bonds. The fourth-order valence-electron chi connectivity index (χ4n) is 0.992. The second kappa shape index (κ2) is 4.42. The van der Waals surface area contributed by atoms with E-state index < -0.39 is 30.0 Å². The molecule has 0 radical (unpaired) electrons. The Morgan fingerprint density at radius 3 is 2.50 bits per heavy atom. The van der Waals surface area contributed by atoms with E-state index in [1.54, 1.807) is 4.98 Å². The zero-order valence-corrected chi connectivity index (χ0v) is 8.02. The van der Waals surface area contributed by atoms with E-state index in [1.165, 1.54) is 0 Å². The van der Waals surface area contributed by atoms with Crippen molar-refractivity contribution in [3.05, 3.63) is 22.0 Å². The zero-order valence-electron chi connectivity index (χ0n) is 8.02. The van der Waals surface area contributed by atoms with Gasteiger partial charge in [0.15, 0.2) is 5.75 Å². The first-order valence-corrected chi connectivity index (χ1v) is 3.99. The van der Waals surface area contributed by atoms with Crippen molar-refractivity contribution >= 4 is 0 Å². The average Bonchev–Trinajstić information content (AvgIpc) is 2.16. The number of alkyl halides is 4. The van der Waals surface area contributed by atoms with Crippen LogP contribution in [0, 0.1) is 0 Å². The topological polar surface area (TPSA) is 51.3 Å². The third-order valence-corrected chi connectivity index (χ3v) is 1.63. The Morgan fingerprint density at radius 1 is 1.44 bits per heavy atom. The van der Waals surface area contributed by atoms with E-state index in [4.69, 9.17) is 0 Å². The van der Waals surface area contributed by atoms with Gasteiger partial charge in [0.25, 0.3) is 5.56 Å². The van der Waals surface area contributed by atoms with E-state index >= 15 is 0 Å². The Kier molecular flexibility index (Phi) is 3.41. The van der Waals surface area contributed by atoms with Crippen molar-refractivity contribution in [1.82, 2.24) is 4.98 Å². The normalized spacial score (nSPS) is 11.3. The molecule has 0 saturated carbocycles. The van der Waals surface area contributed by atoms with Gasteiger partial charge in [0.1, 0.15) is 6.67 Å². The minimum Gasteiger partial charge on any atom is -0.491 e. The highest BCUT2D eigenvalue weighted by molar-refractivity contribution is 5.33. The highest BCUT2D eigenvalue weighted by Gasteiger charge is 2.33. The third-order valence-electron chi connectivity index (χ3n) is 1.63. The van der Waals surface area contributed by atoms with Gasteiger partial charge in [-0.15, -0.1) is 13.2 Å². The van der Waals surface area contributed by atoms with Crippen LogP contribution in [0.5, 0.6) is 11.6 Å². The van der Waals surface area contributed by atoms with E-state index in [0.717, 1.165) is 13.2 Å². The molecule has 0 aromatic carbocycles. The lowest BCUT2D eigenvalue weighted by molar-refractivity contribution is -0.276. The van der Waals surface area contributed by atoms with Crippen molar-refractivity contribution in [2.45, 2.75) is 13.0 Å². The first kappa shape index (κ1) is 12.3. The van der Waals surface area contributed by atoms with Gasteiger partial charge >= 0.3 is 6.36 Å². The van der Waals surface area contributed by atoms with Crippen LogP contribution in [0.3, 0.4) is 0 Å². The van der Waals surface area contributed by atoms with Crippen molar-refractivity contribution < 1.29 is 27.0 Å². The summed E-state index contributed by atoms with van der Waals surface area (Å²) in [7, 11) is 1.14. The van der Waals surface area contributed by atoms with Crippen molar-refractivity contribution in [2.24, 2.45) is 0 Å². The summed E-state index contributed by atoms with van der Waals surface area (Å²) in [4.78, 5) is 12.8. The minimum absolute atomic E-state index is 0.290. The number of hydrogen-bond donors (Lipinski definition) is 1. The first-order valence-electron chi connectivity index (χ1n) is 3.99. The maximum atomic E-state index is 12.4. The van der Waals surface area contributed by atoms with Gasteiger partial charge in [0, 0.05) is 5.56 Å². The van der Waals surface area contributed by atoms with Crippen LogP contribution in [0.2, 0.25) is 0 Å². The molecule has 16 heavy (non-hydrogen) atoms. The van der Waals surface area contributed by atoms with Gasteiger partial charge in [0.05, 0.1) is 7.11 Å². The highest BCUT2D eigenvalue weighted by Crippen LogP contribution is 2.25. The van der Waals surface area contributed by atoms with Gasteiger partial charge in [-0.1, -0.05) is 0 Å². The lowest BCUT2D eigenvalue weighted by Gasteiger charge is -2.11. The number of rotatable bonds is 3. The lowest BCUT2D eigenvalue weighted by Crippen LogP contribution is -2.22. The molecule has 1 heterocycles. The van der Waals surface area contributed by atoms with Crippen LogP contribution in [-0.4, -0.2) is 18.5 Å². The standard InChI is InChI=1S/C8H7F4NO3/c1-15-5-2-4(3-9)7(13-6(5)14)16-8(10,11)12/h2H,3H2,1H3,(H,13,14). The summed E-state index contributed by atoms with van der Waals surface area (Å²) in [6.07, 6.45) is -5.00. The minimum atomic E-state index is -5.00. The summed E-state index contributed by atoms with van der Waals surface area (Å²) >= 11 is 0. The number of ether oxygens (including phenoxy) is 2. The van der Waals surface area contributed by atoms with Crippen molar-refractivity contribution in [1.29, 1.82) is 0 Å². The maximum Gasteiger partial charge on any atom is 0.574 e. The quantitative estimate of drug-likeness (QED) is 0.820. The van der Waals surface area contributed by atoms with Gasteiger partial charge in [-0.3, -0.25) is 9.78 Å². The molecule has 0 saturated heterocycles. The van der Waals surface area contributed by atoms with Crippen LogP contribution in [0.25, 0.3) is 0 Å². The van der Waals surface area contributed by atoms with Crippen LogP contribution in [0.4, 0.5) is 17.6 Å². The molecule has 0 aliphatic heterocycles. The number of hydrogen-bond acceptors (Lipinski definition) is 3. The molecule has 4 nitrogen and oxygen atoms in total. The van der Waals surface area contributed by atoms with E-state index in [2.05, 4.69) is 9.47 Å². The highest BCUT2D eigenvalue weighted by atomic mass is 19.4. The second-order valence-electron chi connectivity index (χ2n) is 2.70. The van der Waals surface area contributed by atoms with Crippen LogP contribution in [0.1, 0.15) is 5.56 Å². The number of methoxy groups -OCH3 is 1. The largest absolute Gasteiger partial charge is 0.574 e. The van der Waals surface area contributed by atoms with Crippen LogP contribution < -0.4 is 15.0 Å². The molecular weight excluding hydrogens is 234 g/mol. The summed E-state index contributed by atoms with van der Waals surface area (Å²) in [5.74, 6) is -1.26. The Bertz CT molecular complexity index is 426. The van der Waals surface area contributed by atoms with E-state index in [-0.39, 0.29) is 5.75 Å². The zero-order chi connectivity index (χ0) is 12.3. The van der Waals surface area contributed by atoms with Gasteiger partial charge in [-0.05, 0) is 6.07 Å². The van der Waals surface area contributed by atoms with E-state index in [1.807, 2.05) is 0 Å². The molecule has 1 N–H and O–H groups in total. The molecule has 90 valence electrons. The predicted molar refractivity (Wildman–Crippen MR) is 45.1 cm³/mol. The third kappa shape index (κ3) is 2.88. The molecule has 0 aliphatic rings. The number of H-pyrrole nitrogens is 1. The fraction of sp³-hybridized carbons (Fsp3) is 0.375. The Morgan fingerprint density at radius 2 is 2.06 bits per heavy atom. The fourth-order valence-corrected chi connectivity index (χ4v) is 0.992. The van der Waals surface area contributed by atoms with Gasteiger partial charge in [0.2, 0.25) is 5.88 Å². The smallest absolute Gasteiger partial charge is 0.491 e. The Hall–Kier alpha value is -1.73. The van der Waals surface area contributed by atoms with E-state index in [0.29, 0.717) is 0 Å². The van der Waals surface area contributed by atoms with Crippen LogP contribution in [0.15, 0.2) is 10.9 Å². The average molecular weight is 241 g/mol. The number of halogens is 4. The predicted octanol–water partition coefficient (Wildman–Crippen LogP) is 1.75. The number of aromatic amines is 1. The molecule has 0 bridgehead atoms. The Labute approximate surface area is 86.8 Å². The molecule has 1 rings (SSSR count). The Balaban J connectivity index is 3.19. The van der Waals surface area contributed by atoms with Gasteiger partial charge in [-0.25, -0.2) is 4.39 Å². The van der Waals surface area contributed by atoms with Crippen molar-refractivity contribution in [3.8, 4) is 11.6 Å². The van der Waals surface area contributed by atoms with Crippen LogP contribution >= 0.6 is 0 Å². The summed E-state index contributed by atoms with van der Waals surface area (Å²) in [5.41, 5.74) is -1.38. The molecular formula is C8H7F4NO3. The molecule has 1 aromatic heterocycles. The van der Waals surface area contributed by atoms with Gasteiger partial charge < -0.3 is 9.47 Å². The number of nitrogens with one attached hydrogen (secondary N) is 1.